The summed E-state index contributed by atoms with van der Waals surface area (Å²) in [5, 5.41) is 8.49. The second-order valence-corrected chi connectivity index (χ2v) is 2.43. The molecule has 0 amide bonds. The SMILES string of the molecule is CN=CC(C#N)=N[C@@H](C)C(C)F. The molecule has 1 unspecified atom stereocenters. The summed E-state index contributed by atoms with van der Waals surface area (Å²) in [4.78, 5) is 7.43. The Bertz CT molecular complexity index is 225. The lowest BCUT2D eigenvalue weighted by molar-refractivity contribution is 0.319. The van der Waals surface area contributed by atoms with Crippen LogP contribution in [-0.4, -0.2) is 31.2 Å². The highest BCUT2D eigenvalue weighted by Crippen LogP contribution is 2.01. The Morgan fingerprint density at radius 1 is 1.58 bits per heavy atom. The second kappa shape index (κ2) is 5.42. The number of alkyl halides is 1. The normalized spacial score (nSPS) is 17.4. The highest BCUT2D eigenvalue weighted by Gasteiger charge is 2.08. The predicted molar refractivity (Wildman–Crippen MR) is 47.5 cm³/mol. The van der Waals surface area contributed by atoms with Gasteiger partial charge in [-0.25, -0.2) is 4.39 Å². The van der Waals surface area contributed by atoms with Gasteiger partial charge in [-0.3, -0.25) is 9.98 Å². The van der Waals surface area contributed by atoms with Crippen molar-refractivity contribution in [1.82, 2.24) is 0 Å². The molecule has 0 radical (unpaired) electrons. The monoisotopic (exact) mass is 169 g/mol. The standard InChI is InChI=1S/C8H12FN3/c1-6(9)7(2)12-8(4-10)5-11-3/h5-7H,1-3H3/t6?,7-/m0/s1. The minimum Gasteiger partial charge on any atom is -0.293 e. The summed E-state index contributed by atoms with van der Waals surface area (Å²) < 4.78 is 12.6. The third kappa shape index (κ3) is 3.81. The van der Waals surface area contributed by atoms with Gasteiger partial charge in [0.05, 0.1) is 12.3 Å². The third-order valence-corrected chi connectivity index (χ3v) is 1.37. The zero-order valence-electron chi connectivity index (χ0n) is 7.45. The Hall–Kier alpha value is -1.24. The third-order valence-electron chi connectivity index (χ3n) is 1.37. The lowest BCUT2D eigenvalue weighted by atomic mass is 10.2. The van der Waals surface area contributed by atoms with Gasteiger partial charge < -0.3 is 0 Å². The summed E-state index contributed by atoms with van der Waals surface area (Å²) in [6.07, 6.45) is 0.275. The molecular formula is C8H12FN3. The smallest absolute Gasteiger partial charge is 0.153 e. The van der Waals surface area contributed by atoms with Gasteiger partial charge in [-0.1, -0.05) is 0 Å². The number of rotatable bonds is 3. The molecule has 4 heteroatoms. The van der Waals surface area contributed by atoms with E-state index in [0.29, 0.717) is 0 Å². The van der Waals surface area contributed by atoms with E-state index in [2.05, 4.69) is 9.98 Å². The second-order valence-electron chi connectivity index (χ2n) is 2.43. The summed E-state index contributed by atoms with van der Waals surface area (Å²) >= 11 is 0. The van der Waals surface area contributed by atoms with Crippen molar-refractivity contribution < 1.29 is 4.39 Å². The van der Waals surface area contributed by atoms with Crippen LogP contribution in [0.3, 0.4) is 0 Å². The predicted octanol–water partition coefficient (Wildman–Crippen LogP) is 1.40. The van der Waals surface area contributed by atoms with E-state index in [1.165, 1.54) is 20.2 Å². The van der Waals surface area contributed by atoms with E-state index in [1.54, 1.807) is 6.92 Å². The Kier molecular flexibility index (Phi) is 4.86. The average molecular weight is 169 g/mol. The van der Waals surface area contributed by atoms with Crippen LogP contribution in [0.2, 0.25) is 0 Å². The van der Waals surface area contributed by atoms with Gasteiger partial charge in [0.15, 0.2) is 5.71 Å². The van der Waals surface area contributed by atoms with Crippen LogP contribution in [0.15, 0.2) is 9.98 Å². The van der Waals surface area contributed by atoms with Crippen molar-refractivity contribution in [1.29, 1.82) is 5.26 Å². The molecule has 0 rings (SSSR count). The Morgan fingerprint density at radius 2 is 2.17 bits per heavy atom. The molecule has 0 aliphatic carbocycles. The van der Waals surface area contributed by atoms with Crippen LogP contribution in [-0.2, 0) is 0 Å². The van der Waals surface area contributed by atoms with Gasteiger partial charge in [0.2, 0.25) is 0 Å². The molecule has 66 valence electrons. The Labute approximate surface area is 71.6 Å². The van der Waals surface area contributed by atoms with E-state index < -0.39 is 12.2 Å². The largest absolute Gasteiger partial charge is 0.293 e. The zero-order chi connectivity index (χ0) is 9.56. The quantitative estimate of drug-likeness (QED) is 0.589. The van der Waals surface area contributed by atoms with Crippen LogP contribution in [0.25, 0.3) is 0 Å². The van der Waals surface area contributed by atoms with Crippen molar-refractivity contribution in [3.63, 3.8) is 0 Å². The van der Waals surface area contributed by atoms with Crippen molar-refractivity contribution in [3.05, 3.63) is 0 Å². The molecule has 0 aromatic carbocycles. The van der Waals surface area contributed by atoms with Crippen molar-refractivity contribution in [2.45, 2.75) is 26.1 Å². The fourth-order valence-electron chi connectivity index (χ4n) is 0.535. The van der Waals surface area contributed by atoms with Crippen molar-refractivity contribution >= 4 is 11.9 Å². The molecule has 0 heterocycles. The Morgan fingerprint density at radius 3 is 2.50 bits per heavy atom. The van der Waals surface area contributed by atoms with Gasteiger partial charge >= 0.3 is 0 Å². The summed E-state index contributed by atoms with van der Waals surface area (Å²) in [5.41, 5.74) is 0.162. The molecule has 0 spiro atoms. The molecule has 12 heavy (non-hydrogen) atoms. The fourth-order valence-corrected chi connectivity index (χ4v) is 0.535. The van der Waals surface area contributed by atoms with Crippen molar-refractivity contribution in [3.8, 4) is 6.07 Å². The van der Waals surface area contributed by atoms with E-state index in [-0.39, 0.29) is 5.71 Å². The van der Waals surface area contributed by atoms with Crippen LogP contribution >= 0.6 is 0 Å². The molecule has 0 N–H and O–H groups in total. The first-order chi connectivity index (χ1) is 5.61. The molecule has 0 saturated carbocycles. The van der Waals surface area contributed by atoms with Gasteiger partial charge in [0.1, 0.15) is 12.2 Å². The van der Waals surface area contributed by atoms with Crippen LogP contribution in [0.5, 0.6) is 0 Å². The Balaban J connectivity index is 4.40. The molecule has 0 aliphatic heterocycles. The summed E-state index contributed by atoms with van der Waals surface area (Å²) in [6, 6.07) is 1.33. The minimum atomic E-state index is -1.04. The molecule has 2 atom stereocenters. The van der Waals surface area contributed by atoms with E-state index in [4.69, 9.17) is 5.26 Å². The van der Waals surface area contributed by atoms with Crippen LogP contribution in [0.4, 0.5) is 4.39 Å². The first-order valence-electron chi connectivity index (χ1n) is 3.66. The highest BCUT2D eigenvalue weighted by molar-refractivity contribution is 6.37. The van der Waals surface area contributed by atoms with E-state index in [9.17, 15) is 4.39 Å². The topological polar surface area (TPSA) is 48.5 Å². The van der Waals surface area contributed by atoms with Gasteiger partial charge in [-0.05, 0) is 13.8 Å². The molecule has 0 bridgehead atoms. The van der Waals surface area contributed by atoms with Crippen molar-refractivity contribution in [2.24, 2.45) is 9.98 Å². The minimum absolute atomic E-state index is 0.162. The lowest BCUT2D eigenvalue weighted by Crippen LogP contribution is -2.14. The van der Waals surface area contributed by atoms with Crippen LogP contribution in [0.1, 0.15) is 13.8 Å². The maximum absolute atomic E-state index is 12.6. The maximum Gasteiger partial charge on any atom is 0.153 e. The van der Waals surface area contributed by atoms with E-state index in [1.807, 2.05) is 6.07 Å². The number of hydrogen-bond donors (Lipinski definition) is 0. The molecule has 3 nitrogen and oxygen atoms in total. The number of halogens is 1. The van der Waals surface area contributed by atoms with E-state index >= 15 is 0 Å². The fraction of sp³-hybridized carbons (Fsp3) is 0.625. The first kappa shape index (κ1) is 10.8. The van der Waals surface area contributed by atoms with Gasteiger partial charge in [-0.15, -0.1) is 0 Å². The number of nitriles is 1. The lowest BCUT2D eigenvalue weighted by Gasteiger charge is -2.05. The summed E-state index contributed by atoms with van der Waals surface area (Å²) in [5.74, 6) is 0. The molecule has 0 fully saturated rings. The van der Waals surface area contributed by atoms with Crippen LogP contribution < -0.4 is 0 Å². The molecule has 0 saturated heterocycles. The first-order valence-corrected chi connectivity index (χ1v) is 3.66. The number of hydrogen-bond acceptors (Lipinski definition) is 3. The number of aliphatic imine (C=N–C) groups is 2. The van der Waals surface area contributed by atoms with Gasteiger partial charge in [-0.2, -0.15) is 5.26 Å². The number of nitrogens with zero attached hydrogens (tertiary/aromatic N) is 3. The zero-order valence-corrected chi connectivity index (χ0v) is 7.45. The van der Waals surface area contributed by atoms with Gasteiger partial charge in [0, 0.05) is 7.05 Å². The highest BCUT2D eigenvalue weighted by atomic mass is 19.1. The van der Waals surface area contributed by atoms with Crippen molar-refractivity contribution in [2.75, 3.05) is 7.05 Å². The van der Waals surface area contributed by atoms with E-state index in [0.717, 1.165) is 0 Å². The van der Waals surface area contributed by atoms with Gasteiger partial charge in [0.25, 0.3) is 0 Å². The maximum atomic E-state index is 12.6. The molecular weight excluding hydrogens is 157 g/mol. The molecule has 0 aromatic rings. The summed E-state index contributed by atoms with van der Waals surface area (Å²) in [6.45, 7) is 3.03. The molecule has 0 aliphatic rings. The average Bonchev–Trinajstić information content (AvgIpc) is 2.03. The molecule has 0 aromatic heterocycles. The van der Waals surface area contributed by atoms with Crippen LogP contribution in [0, 0.1) is 11.3 Å². The summed E-state index contributed by atoms with van der Waals surface area (Å²) in [7, 11) is 1.54.